The fraction of sp³-hybridized carbons (Fsp3) is 0.633. The predicted octanol–water partition coefficient (Wildman–Crippen LogP) is 11.3. The van der Waals surface area contributed by atoms with Crippen molar-refractivity contribution >= 4 is 88.0 Å². The molecule has 6 aliphatic heterocycles. The maximum Gasteiger partial charge on any atom is 0.408 e. The van der Waals surface area contributed by atoms with Crippen molar-refractivity contribution < 1.29 is 182 Å². The van der Waals surface area contributed by atoms with Crippen LogP contribution in [0.25, 0.3) is 33.1 Å². The van der Waals surface area contributed by atoms with Gasteiger partial charge in [-0.3, -0.25) is 14.4 Å². The normalized spacial score (nSPS) is 29.8. The molecule has 3 saturated carbocycles. The van der Waals surface area contributed by atoms with Gasteiger partial charge in [0, 0.05) is 111 Å². The summed E-state index contributed by atoms with van der Waals surface area (Å²) in [4.78, 5) is 147. The Morgan fingerprint density at radius 3 is 1.08 bits per heavy atom. The number of amides is 6. The molecule has 132 heavy (non-hydrogen) atoms. The van der Waals surface area contributed by atoms with Crippen LogP contribution < -0.4 is 44.4 Å². The van der Waals surface area contributed by atoms with E-state index in [0.717, 1.165) is 6.42 Å². The van der Waals surface area contributed by atoms with E-state index in [4.69, 9.17) is 56.8 Å². The maximum absolute atomic E-state index is 15.9. The Labute approximate surface area is 796 Å². The average Bonchev–Trinajstić information content (AvgIpc) is 1.54. The van der Waals surface area contributed by atoms with Crippen LogP contribution in [0.3, 0.4) is 0 Å². The standard InChI is InChI=1S/C31H39F2N4O7.C30H37F2N4O7.C29H35F2N4O7.3V/c1-17-22(15-38)37-14-24(17)43-27-25(34-20-10-9-19(41-5)13-21(20)35-27)31(32,33)11-12-42-16-18-7-6-8-23(18)44-29(40)36-26(28(37)39)30(2,3)4;1-16-21(14-37)36-13-22(16)42-25-23(33-19-8-7-18(40-6)11-20(19)34-25)30(31,32)9-10-41-15-17-12-29(17,5)43-27(39)35-24(26(36)38)28(2,3)4;1-15-20(13-36)35-12-22(15)41-25-23(32-18-7-6-17(39-5)11-19(18)33-25)29(30,31)8-9-40-14-16-10-21(16)42-27(38)34-24(26(35)37)28(2,3)4;;;/h9-10,13,17-18,22-24,26H,6-8,11-12,14,16H2,1-5H3,(H,36,40);7-8,11,16-17,21-22,24H,9-10,12-13,15H2,1-6H3,(H,35,39);6-7,11,15-16,20-22,24H,8-10,12,14H2,1-5H3,(H,34,38);;;/q3*-1;;;/t17-,18-,22+,23+,24-,26+;16-,17-,21+,22-,24+,29+;15-,16-,20+,21+,22-,24+;;;/m000.../s1. The van der Waals surface area contributed by atoms with E-state index in [1.807, 2.05) is 18.9 Å². The van der Waals surface area contributed by atoms with E-state index in [2.05, 4.69) is 45.9 Å². The van der Waals surface area contributed by atoms with Crippen molar-refractivity contribution in [1.82, 2.24) is 60.6 Å². The first-order valence-electron chi connectivity index (χ1n) is 43.2. The van der Waals surface area contributed by atoms with E-state index in [1.54, 1.807) is 126 Å². The molecular weight excluding hydrogens is 1850 g/mol. The summed E-state index contributed by atoms with van der Waals surface area (Å²) < 4.78 is 162. The summed E-state index contributed by atoms with van der Waals surface area (Å²) in [6.45, 7) is 21.9. The van der Waals surface area contributed by atoms with Crippen molar-refractivity contribution in [3.63, 3.8) is 0 Å². The van der Waals surface area contributed by atoms with Crippen LogP contribution >= 0.6 is 0 Å². The number of nitrogens with one attached hydrogen (secondary N) is 3. The van der Waals surface area contributed by atoms with E-state index < -0.39 is 214 Å². The number of ether oxygens (including phenoxy) is 12. The molecule has 33 nitrogen and oxygen atoms in total. The third kappa shape index (κ3) is 23.5. The van der Waals surface area contributed by atoms with Crippen LogP contribution in [0.15, 0.2) is 54.6 Å². The van der Waals surface area contributed by atoms with Crippen LogP contribution in [-0.4, -0.2) is 252 Å². The zero-order valence-electron chi connectivity index (χ0n) is 76.2. The summed E-state index contributed by atoms with van der Waals surface area (Å²) in [5.74, 6) is -14.4. The van der Waals surface area contributed by atoms with Crippen LogP contribution in [-0.2, 0) is 131 Å². The minimum absolute atomic E-state index is 0. The number of alkyl carbamates (subject to hydrolysis) is 3. The third-order valence-corrected chi connectivity index (χ3v) is 25.4. The van der Waals surface area contributed by atoms with Gasteiger partial charge in [0.05, 0.1) is 114 Å². The molecule has 42 heteroatoms. The largest absolute Gasteiger partial charge is 0.540 e. The van der Waals surface area contributed by atoms with E-state index in [1.165, 1.54) is 54.2 Å². The summed E-state index contributed by atoms with van der Waals surface area (Å²) in [7, 11) is 4.42. The van der Waals surface area contributed by atoms with Gasteiger partial charge in [0.25, 0.3) is 17.8 Å². The van der Waals surface area contributed by atoms with Crippen molar-refractivity contribution in [3.05, 3.63) is 71.7 Å². The number of benzene rings is 3. The topological polar surface area (TPSA) is 388 Å². The number of methoxy groups -OCH3 is 3. The first-order valence-corrected chi connectivity index (χ1v) is 43.2. The molecule has 9 heterocycles. The zero-order chi connectivity index (χ0) is 93.5. The number of alkyl halides is 6. The first-order chi connectivity index (χ1) is 60.8. The van der Waals surface area contributed by atoms with Gasteiger partial charge in [-0.05, 0) is 109 Å². The van der Waals surface area contributed by atoms with E-state index in [0.29, 0.717) is 42.9 Å². The van der Waals surface area contributed by atoms with E-state index in [-0.39, 0.29) is 166 Å². The molecule has 0 spiro atoms. The Balaban J connectivity index is 0.000000203. The minimum Gasteiger partial charge on any atom is -0.540 e. The minimum atomic E-state index is -3.49. The smallest absolute Gasteiger partial charge is 0.408 e. The molecule has 0 unspecified atom stereocenters. The summed E-state index contributed by atoms with van der Waals surface area (Å²) in [6, 6.07) is 7.74. The fourth-order valence-electron chi connectivity index (χ4n) is 17.0. The molecule has 3 aromatic heterocycles. The summed E-state index contributed by atoms with van der Waals surface area (Å²) in [5, 5.41) is 8.09. The third-order valence-electron chi connectivity index (χ3n) is 25.4. The second kappa shape index (κ2) is 42.0. The average molecular weight is 1960 g/mol. The molecule has 6 bridgehead atoms. The Morgan fingerprint density at radius 2 is 0.750 bits per heavy atom. The molecule has 717 valence electrons. The predicted molar refractivity (Wildman–Crippen MR) is 449 cm³/mol. The van der Waals surface area contributed by atoms with Gasteiger partial charge in [0.1, 0.15) is 71.5 Å². The summed E-state index contributed by atoms with van der Waals surface area (Å²) in [5.41, 5.74) is -3.65. The van der Waals surface area contributed by atoms with Crippen LogP contribution in [0.1, 0.15) is 158 Å². The summed E-state index contributed by atoms with van der Waals surface area (Å²) in [6.07, 6.45) is 0.747. The van der Waals surface area contributed by atoms with Crippen LogP contribution in [0.2, 0.25) is 0 Å². The molecule has 6 fully saturated rings. The molecule has 3 aliphatic carbocycles. The fourth-order valence-corrected chi connectivity index (χ4v) is 17.0. The molecule has 3 radical (unpaired) electrons. The molecule has 3 saturated heterocycles. The van der Waals surface area contributed by atoms with Gasteiger partial charge < -0.3 is 102 Å². The molecule has 15 rings (SSSR count). The Hall–Kier alpha value is -9.08. The van der Waals surface area contributed by atoms with Crippen LogP contribution in [0, 0.1) is 51.8 Å². The van der Waals surface area contributed by atoms with Crippen molar-refractivity contribution in [2.24, 2.45) is 51.8 Å². The number of aromatic nitrogens is 6. The van der Waals surface area contributed by atoms with Gasteiger partial charge in [-0.25, -0.2) is 63.1 Å². The molecule has 3 N–H and O–H groups in total. The van der Waals surface area contributed by atoms with Crippen molar-refractivity contribution in [2.75, 3.05) is 80.6 Å². The molecule has 3 aromatic carbocycles. The van der Waals surface area contributed by atoms with Gasteiger partial charge in [-0.1, -0.05) is 101 Å². The number of nitrogens with zero attached hydrogens (tertiary/aromatic N) is 9. The number of carbonyl (C=O) groups is 6. The number of fused-ring (bicyclic) bond motifs is 15. The first kappa shape index (κ1) is 105. The van der Waals surface area contributed by atoms with Crippen molar-refractivity contribution in [1.29, 1.82) is 0 Å². The number of rotatable bonds is 6. The Kier molecular flexibility index (Phi) is 33.4. The van der Waals surface area contributed by atoms with E-state index >= 15 is 26.3 Å². The second-order valence-corrected chi connectivity index (χ2v) is 38.0. The second-order valence-electron chi connectivity index (χ2n) is 38.0. The van der Waals surface area contributed by atoms with Crippen molar-refractivity contribution in [2.45, 2.75) is 232 Å². The number of carbonyl (C=O) groups excluding carboxylic acids is 9. The van der Waals surface area contributed by atoms with Gasteiger partial charge >= 0.3 is 18.3 Å². The van der Waals surface area contributed by atoms with Gasteiger partial charge in [0.15, 0.2) is 17.1 Å². The Morgan fingerprint density at radius 1 is 0.424 bits per heavy atom. The molecule has 9 aliphatic rings. The SMILES string of the molecule is COc1ccc2nc3c(nc2c1)O[C@H]1CN(C(=O)[C@H](C(C)(C)C)NC(=O)O[C@@H]2CCC[C@H]2COCCC3(F)F)[C@H]([C-]=O)[C@@H]1C.COc1ccc2nc3c(nc2c1)O[C@H]1CN(C(=O)[C@H](C(C)(C)C)NC(=O)O[C@@H]2C[C@H]2COCCC3(F)F)[C@H]([C-]=O)[C@@H]1C.COc1ccc2nc3c(nc2c1)O[C@H]1CN(C(=O)[C@H](C(C)(C)C)NC(=O)O[C@]2(C)C[C@H]2COCCC3(F)F)[C@H]([C-]=O)[C@@H]1C.[V].[V].[V]. The number of halogens is 6. The summed E-state index contributed by atoms with van der Waals surface area (Å²) >= 11 is 0. The van der Waals surface area contributed by atoms with E-state index in [9.17, 15) is 43.2 Å². The van der Waals surface area contributed by atoms with Gasteiger partial charge in [0.2, 0.25) is 35.4 Å². The number of hydrogen-bond donors (Lipinski definition) is 3. The van der Waals surface area contributed by atoms with Crippen LogP contribution in [0.5, 0.6) is 34.9 Å². The zero-order valence-corrected chi connectivity index (χ0v) is 80.4. The molecular formula is C90H111F6N12O21V3-3. The van der Waals surface area contributed by atoms with Gasteiger partial charge in [-0.2, -0.15) is 26.3 Å². The monoisotopic (exact) mass is 1960 g/mol. The van der Waals surface area contributed by atoms with Gasteiger partial charge in [-0.15, -0.1) is 0 Å². The maximum atomic E-state index is 15.9. The molecule has 6 aromatic rings. The molecule has 6 amide bonds. The number of hydrogen-bond acceptors (Lipinski definition) is 27. The van der Waals surface area contributed by atoms with Crippen LogP contribution in [0.4, 0.5) is 40.7 Å². The quantitative estimate of drug-likeness (QED) is 0.0792. The molecule has 18 atom stereocenters. The Bertz CT molecular complexity index is 5200. The van der Waals surface area contributed by atoms with Crippen molar-refractivity contribution in [3.8, 4) is 34.9 Å².